The van der Waals surface area contributed by atoms with E-state index < -0.39 is 0 Å². The average molecular weight is 277 g/mol. The number of amides is 1. The predicted molar refractivity (Wildman–Crippen MR) is 79.4 cm³/mol. The summed E-state index contributed by atoms with van der Waals surface area (Å²) in [5.41, 5.74) is 4.54. The van der Waals surface area contributed by atoms with E-state index in [2.05, 4.69) is 15.3 Å². The number of anilines is 1. The van der Waals surface area contributed by atoms with Gasteiger partial charge in [0.15, 0.2) is 0 Å². The number of hydrazine groups is 1. The highest BCUT2D eigenvalue weighted by molar-refractivity contribution is 5.99. The van der Waals surface area contributed by atoms with E-state index in [4.69, 9.17) is 5.84 Å². The zero-order valence-electron chi connectivity index (χ0n) is 12.2. The fraction of sp³-hybridized carbons (Fsp3) is 0.571. The van der Waals surface area contributed by atoms with Gasteiger partial charge in [-0.25, -0.2) is 0 Å². The number of nitrogens with two attached hydrogens (primary N) is 1. The Hall–Kier alpha value is -1.66. The van der Waals surface area contributed by atoms with E-state index in [1.54, 1.807) is 17.2 Å². The normalized spacial score (nSPS) is 15.3. The molecule has 0 unspecified atom stereocenters. The second-order valence-electron chi connectivity index (χ2n) is 5.29. The summed E-state index contributed by atoms with van der Waals surface area (Å²) in [4.78, 5) is 20.7. The number of aromatic nitrogens is 1. The number of aryl methyl sites for hydroxylation is 1. The first kappa shape index (κ1) is 14.7. The van der Waals surface area contributed by atoms with Crippen molar-refractivity contribution in [3.05, 3.63) is 23.5 Å². The Morgan fingerprint density at radius 2 is 2.20 bits per heavy atom. The molecule has 1 amide bonds. The maximum Gasteiger partial charge on any atom is 0.257 e. The molecule has 2 rings (SSSR count). The molecule has 1 aromatic heterocycles. The van der Waals surface area contributed by atoms with Gasteiger partial charge in [-0.15, -0.1) is 0 Å². The molecule has 6 heteroatoms. The van der Waals surface area contributed by atoms with Crippen LogP contribution in [0.2, 0.25) is 0 Å². The Balaban J connectivity index is 1.98. The van der Waals surface area contributed by atoms with Crippen molar-refractivity contribution in [2.45, 2.75) is 19.8 Å². The number of carbonyl (C=O) groups excluding carboxylic acids is 1. The summed E-state index contributed by atoms with van der Waals surface area (Å²) in [6.07, 6.45) is 4.11. The lowest BCUT2D eigenvalue weighted by molar-refractivity contribution is 0.0783. The van der Waals surface area contributed by atoms with Gasteiger partial charge in [0.2, 0.25) is 0 Å². The number of hydrogen-bond acceptors (Lipinski definition) is 5. The third kappa shape index (κ3) is 3.46. The zero-order chi connectivity index (χ0) is 14.5. The molecule has 2 heterocycles. The van der Waals surface area contributed by atoms with Crippen molar-refractivity contribution >= 4 is 11.6 Å². The Bertz CT molecular complexity index is 471. The quantitative estimate of drug-likeness (QED) is 0.616. The number of carbonyl (C=O) groups is 1. The number of nitrogens with zero attached hydrogens (tertiary/aromatic N) is 3. The number of hydrogen-bond donors (Lipinski definition) is 2. The number of nitrogen functional groups attached to an aromatic ring is 1. The van der Waals surface area contributed by atoms with Gasteiger partial charge in [-0.1, -0.05) is 0 Å². The second kappa shape index (κ2) is 6.67. The van der Waals surface area contributed by atoms with Crippen LogP contribution < -0.4 is 11.3 Å². The van der Waals surface area contributed by atoms with Crippen molar-refractivity contribution in [1.82, 2.24) is 14.8 Å². The van der Waals surface area contributed by atoms with Crippen LogP contribution in [0.3, 0.4) is 0 Å². The van der Waals surface area contributed by atoms with Crippen molar-refractivity contribution < 1.29 is 4.79 Å². The van der Waals surface area contributed by atoms with Gasteiger partial charge >= 0.3 is 0 Å². The fourth-order valence-corrected chi connectivity index (χ4v) is 2.45. The molecule has 0 saturated carbocycles. The molecule has 0 bridgehead atoms. The Morgan fingerprint density at radius 3 is 2.85 bits per heavy atom. The highest BCUT2D eigenvalue weighted by Crippen LogP contribution is 2.16. The Kier molecular flexibility index (Phi) is 4.92. The van der Waals surface area contributed by atoms with Crippen LogP contribution in [0.1, 0.15) is 28.9 Å². The predicted octanol–water partition coefficient (Wildman–Crippen LogP) is 0.843. The molecular formula is C14H23N5O. The summed E-state index contributed by atoms with van der Waals surface area (Å²) in [6, 6.07) is 1.78. The molecule has 0 spiro atoms. The summed E-state index contributed by atoms with van der Waals surface area (Å²) in [5.74, 6) is 5.42. The molecule has 20 heavy (non-hydrogen) atoms. The van der Waals surface area contributed by atoms with E-state index in [9.17, 15) is 4.79 Å². The summed E-state index contributed by atoms with van der Waals surface area (Å²) in [7, 11) is 1.82. The molecule has 0 radical (unpaired) electrons. The van der Waals surface area contributed by atoms with Crippen LogP contribution >= 0.6 is 0 Å². The van der Waals surface area contributed by atoms with Crippen molar-refractivity contribution in [3.8, 4) is 0 Å². The Morgan fingerprint density at radius 1 is 1.50 bits per heavy atom. The monoisotopic (exact) mass is 277 g/mol. The van der Waals surface area contributed by atoms with E-state index in [0.29, 0.717) is 11.3 Å². The van der Waals surface area contributed by atoms with Crippen LogP contribution in [0.5, 0.6) is 0 Å². The standard InChI is InChI=1S/C14H23N5O/c1-11-9-13(17-15)12(10-16-11)14(20)18(2)7-8-19-5-3-4-6-19/h9-10H,3-8,15H2,1-2H3,(H,16,17). The summed E-state index contributed by atoms with van der Waals surface area (Å²) in [5, 5.41) is 0. The fourth-order valence-electron chi connectivity index (χ4n) is 2.45. The van der Waals surface area contributed by atoms with Crippen LogP contribution in [0.4, 0.5) is 5.69 Å². The number of likely N-dealkylation sites (tertiary alicyclic amines) is 1. The van der Waals surface area contributed by atoms with Gasteiger partial charge in [-0.2, -0.15) is 0 Å². The van der Waals surface area contributed by atoms with Crippen LogP contribution in [-0.4, -0.2) is 53.9 Å². The van der Waals surface area contributed by atoms with E-state index >= 15 is 0 Å². The molecule has 1 aliphatic heterocycles. The molecule has 6 nitrogen and oxygen atoms in total. The molecule has 1 fully saturated rings. The van der Waals surface area contributed by atoms with Gasteiger partial charge in [-0.05, 0) is 38.9 Å². The molecule has 1 saturated heterocycles. The van der Waals surface area contributed by atoms with Gasteiger partial charge in [0.05, 0.1) is 11.3 Å². The third-order valence-corrected chi connectivity index (χ3v) is 3.72. The molecule has 0 aliphatic carbocycles. The Labute approximate surface area is 119 Å². The van der Waals surface area contributed by atoms with Crippen LogP contribution in [0, 0.1) is 6.92 Å². The SMILES string of the molecule is Cc1cc(NN)c(C(=O)N(C)CCN2CCCC2)cn1. The average Bonchev–Trinajstić information content (AvgIpc) is 2.97. The summed E-state index contributed by atoms with van der Waals surface area (Å²) < 4.78 is 0. The highest BCUT2D eigenvalue weighted by atomic mass is 16.2. The minimum absolute atomic E-state index is 0.0513. The minimum Gasteiger partial charge on any atom is -0.340 e. The molecule has 0 aromatic carbocycles. The minimum atomic E-state index is -0.0513. The first-order valence-electron chi connectivity index (χ1n) is 7.03. The van der Waals surface area contributed by atoms with Crippen molar-refractivity contribution in [3.63, 3.8) is 0 Å². The third-order valence-electron chi connectivity index (χ3n) is 3.72. The number of likely N-dealkylation sites (N-methyl/N-ethyl adjacent to an activating group) is 1. The largest absolute Gasteiger partial charge is 0.340 e. The molecule has 1 aliphatic rings. The first-order valence-corrected chi connectivity index (χ1v) is 7.03. The van der Waals surface area contributed by atoms with E-state index in [0.717, 1.165) is 31.9 Å². The maximum atomic E-state index is 12.4. The number of nitrogens with one attached hydrogen (secondary N) is 1. The molecular weight excluding hydrogens is 254 g/mol. The number of rotatable bonds is 5. The highest BCUT2D eigenvalue weighted by Gasteiger charge is 2.18. The molecule has 110 valence electrons. The van der Waals surface area contributed by atoms with Crippen LogP contribution in [0.25, 0.3) is 0 Å². The molecule has 0 atom stereocenters. The van der Waals surface area contributed by atoms with Crippen LogP contribution in [-0.2, 0) is 0 Å². The van der Waals surface area contributed by atoms with Crippen LogP contribution in [0.15, 0.2) is 12.3 Å². The van der Waals surface area contributed by atoms with E-state index in [1.165, 1.54) is 12.8 Å². The number of pyridine rings is 1. The van der Waals surface area contributed by atoms with Gasteiger partial charge in [0.25, 0.3) is 5.91 Å². The molecule has 3 N–H and O–H groups in total. The summed E-state index contributed by atoms with van der Waals surface area (Å²) >= 11 is 0. The smallest absolute Gasteiger partial charge is 0.257 e. The first-order chi connectivity index (χ1) is 9.61. The van der Waals surface area contributed by atoms with Crippen molar-refractivity contribution in [2.75, 3.05) is 38.7 Å². The van der Waals surface area contributed by atoms with Crippen molar-refractivity contribution in [2.24, 2.45) is 5.84 Å². The lowest BCUT2D eigenvalue weighted by Gasteiger charge is -2.22. The van der Waals surface area contributed by atoms with E-state index in [1.807, 2.05) is 14.0 Å². The topological polar surface area (TPSA) is 74.5 Å². The van der Waals surface area contributed by atoms with E-state index in [-0.39, 0.29) is 5.91 Å². The van der Waals surface area contributed by atoms with Gasteiger partial charge in [-0.3, -0.25) is 15.6 Å². The lowest BCUT2D eigenvalue weighted by Crippen LogP contribution is -2.35. The van der Waals surface area contributed by atoms with Gasteiger partial charge in [0, 0.05) is 32.0 Å². The molecule has 1 aromatic rings. The lowest BCUT2D eigenvalue weighted by atomic mass is 10.2. The zero-order valence-corrected chi connectivity index (χ0v) is 12.2. The van der Waals surface area contributed by atoms with Crippen molar-refractivity contribution in [1.29, 1.82) is 0 Å². The van der Waals surface area contributed by atoms with Gasteiger partial charge in [0.1, 0.15) is 0 Å². The summed E-state index contributed by atoms with van der Waals surface area (Å²) in [6.45, 7) is 5.79. The van der Waals surface area contributed by atoms with Gasteiger partial charge < -0.3 is 15.2 Å². The maximum absolute atomic E-state index is 12.4. The second-order valence-corrected chi connectivity index (χ2v) is 5.29.